The molecule has 3 saturated heterocycles. The van der Waals surface area contributed by atoms with E-state index in [2.05, 4.69) is 20.5 Å². The first-order valence-corrected chi connectivity index (χ1v) is 11.0. The molecule has 7 nitrogen and oxygen atoms in total. The van der Waals surface area contributed by atoms with E-state index < -0.39 is 14.7 Å². The van der Waals surface area contributed by atoms with Crippen LogP contribution in [0.1, 0.15) is 31.2 Å². The quantitative estimate of drug-likeness (QED) is 0.808. The average Bonchev–Trinajstić information content (AvgIpc) is 2.83. The molecule has 1 aromatic heterocycles. The number of carbonyl (C=O) groups excluding carboxylic acids is 1. The molecule has 3 aliphatic heterocycles. The normalized spacial score (nSPS) is 28.0. The van der Waals surface area contributed by atoms with Crippen LogP contribution in [0, 0.1) is 0 Å². The lowest BCUT2D eigenvalue weighted by Crippen LogP contribution is -2.77. The van der Waals surface area contributed by atoms with Crippen LogP contribution in [-0.4, -0.2) is 41.3 Å². The Balaban J connectivity index is 1.23. The number of sulfone groups is 1. The van der Waals surface area contributed by atoms with Crippen LogP contribution in [-0.2, 0) is 16.4 Å². The van der Waals surface area contributed by atoms with Crippen molar-refractivity contribution >= 4 is 21.6 Å². The van der Waals surface area contributed by atoms with Gasteiger partial charge in [-0.05, 0) is 61.6 Å². The summed E-state index contributed by atoms with van der Waals surface area (Å²) in [4.78, 5) is 17.9. The lowest BCUT2D eigenvalue weighted by Gasteiger charge is -2.65. The number of hydrogen-bond donors (Lipinski definition) is 2. The predicted molar refractivity (Wildman–Crippen MR) is 104 cm³/mol. The Morgan fingerprint density at radius 2 is 1.86 bits per heavy atom. The molecule has 2 N–H and O–H groups in total. The van der Waals surface area contributed by atoms with Gasteiger partial charge in [0, 0.05) is 36.7 Å². The lowest BCUT2D eigenvalue weighted by atomic mass is 9.81. The molecular formula is C20H22N4O3S. The van der Waals surface area contributed by atoms with Crippen molar-refractivity contribution in [1.29, 1.82) is 0 Å². The number of anilines is 1. The molecule has 4 heterocycles. The van der Waals surface area contributed by atoms with E-state index in [-0.39, 0.29) is 6.03 Å². The largest absolute Gasteiger partial charge is 0.334 e. The number of urea groups is 1. The van der Waals surface area contributed by atoms with Crippen LogP contribution in [0.15, 0.2) is 53.7 Å². The first-order valence-electron chi connectivity index (χ1n) is 9.56. The Kier molecular flexibility index (Phi) is 3.96. The van der Waals surface area contributed by atoms with Gasteiger partial charge in [-0.25, -0.2) is 13.2 Å². The van der Waals surface area contributed by atoms with E-state index in [0.717, 1.165) is 31.2 Å². The molecule has 0 spiro atoms. The van der Waals surface area contributed by atoms with Gasteiger partial charge in [0.1, 0.15) is 4.87 Å². The Hall–Kier alpha value is -2.45. The van der Waals surface area contributed by atoms with E-state index >= 15 is 0 Å². The number of benzene rings is 1. The smallest absolute Gasteiger partial charge is 0.319 e. The molecule has 2 aromatic rings. The van der Waals surface area contributed by atoms with Crippen LogP contribution in [0.25, 0.3) is 0 Å². The zero-order valence-electron chi connectivity index (χ0n) is 15.3. The summed E-state index contributed by atoms with van der Waals surface area (Å²) < 4.78 is 26.3. The minimum absolute atomic E-state index is 0.331. The fourth-order valence-corrected chi connectivity index (χ4v) is 7.32. The Bertz CT molecular complexity index is 994. The third-order valence-corrected chi connectivity index (χ3v) is 8.74. The van der Waals surface area contributed by atoms with Crippen LogP contribution in [0.5, 0.6) is 0 Å². The number of piperidine rings is 1. The maximum Gasteiger partial charge on any atom is 0.319 e. The molecule has 146 valence electrons. The second-order valence-electron chi connectivity index (χ2n) is 7.84. The van der Waals surface area contributed by atoms with Crippen LogP contribution >= 0.6 is 0 Å². The summed E-state index contributed by atoms with van der Waals surface area (Å²) in [6.07, 6.45) is 7.12. The van der Waals surface area contributed by atoms with E-state index in [9.17, 15) is 13.2 Å². The number of nitrogens with zero attached hydrogens (tertiary/aromatic N) is 2. The summed E-state index contributed by atoms with van der Waals surface area (Å²) >= 11 is 0. The van der Waals surface area contributed by atoms with Crippen molar-refractivity contribution < 1.29 is 13.2 Å². The number of amides is 2. The van der Waals surface area contributed by atoms with E-state index in [0.29, 0.717) is 29.2 Å². The van der Waals surface area contributed by atoms with Crippen LogP contribution in [0.3, 0.4) is 0 Å². The molecule has 2 atom stereocenters. The van der Waals surface area contributed by atoms with E-state index in [4.69, 9.17) is 0 Å². The van der Waals surface area contributed by atoms with Gasteiger partial charge in [0.05, 0.1) is 4.90 Å². The molecule has 2 unspecified atom stereocenters. The lowest BCUT2D eigenvalue weighted by molar-refractivity contribution is -0.108. The van der Waals surface area contributed by atoms with Gasteiger partial charge < -0.3 is 10.6 Å². The standard InChI is InChI=1S/C20H22N4O3S/c25-19(22-13-14-2-1-9-21-12-14)23-15-3-7-18(8-4-15)28(26,27)20-10-16-5-6-17(11-20)24(16)20/h1-4,7-9,12,16-17H,5-6,10-11,13H2,(H2,22,23,25). The predicted octanol–water partition coefficient (Wildman–Crippen LogP) is 2.51. The number of aromatic nitrogens is 1. The van der Waals surface area contributed by atoms with Crippen molar-refractivity contribution in [2.45, 2.75) is 54.1 Å². The van der Waals surface area contributed by atoms with Gasteiger partial charge in [0.15, 0.2) is 9.84 Å². The topological polar surface area (TPSA) is 91.4 Å². The van der Waals surface area contributed by atoms with Gasteiger partial charge >= 0.3 is 6.03 Å². The van der Waals surface area contributed by atoms with Crippen molar-refractivity contribution in [2.24, 2.45) is 0 Å². The molecule has 0 bridgehead atoms. The molecular weight excluding hydrogens is 376 g/mol. The zero-order valence-corrected chi connectivity index (χ0v) is 16.2. The highest BCUT2D eigenvalue weighted by atomic mass is 32.2. The zero-order chi connectivity index (χ0) is 19.4. The second-order valence-corrected chi connectivity index (χ2v) is 10.1. The number of pyridine rings is 1. The van der Waals surface area contributed by atoms with Gasteiger partial charge in [-0.15, -0.1) is 0 Å². The van der Waals surface area contributed by atoms with Crippen molar-refractivity contribution in [1.82, 2.24) is 15.2 Å². The van der Waals surface area contributed by atoms with E-state index in [1.165, 1.54) is 0 Å². The summed E-state index contributed by atoms with van der Waals surface area (Å²) in [6.45, 7) is 0.368. The van der Waals surface area contributed by atoms with Gasteiger partial charge in [-0.3, -0.25) is 9.88 Å². The highest BCUT2D eigenvalue weighted by molar-refractivity contribution is 7.93. The monoisotopic (exact) mass is 398 g/mol. The maximum absolute atomic E-state index is 13.2. The van der Waals surface area contributed by atoms with Crippen molar-refractivity contribution in [3.63, 3.8) is 0 Å². The van der Waals surface area contributed by atoms with E-state index in [1.807, 2.05) is 12.1 Å². The fourth-order valence-electron chi connectivity index (χ4n) is 4.99. The molecule has 3 aliphatic rings. The molecule has 3 fully saturated rings. The summed E-state index contributed by atoms with van der Waals surface area (Å²) in [5.41, 5.74) is 1.46. The summed E-state index contributed by atoms with van der Waals surface area (Å²) in [5, 5.41) is 5.48. The number of rotatable bonds is 5. The summed E-state index contributed by atoms with van der Waals surface area (Å²) in [5.74, 6) is 0. The molecule has 8 heteroatoms. The Morgan fingerprint density at radius 1 is 1.14 bits per heavy atom. The number of hydrogen-bond acceptors (Lipinski definition) is 5. The van der Waals surface area contributed by atoms with Crippen molar-refractivity contribution in [3.8, 4) is 0 Å². The Labute approximate surface area is 164 Å². The third kappa shape index (κ3) is 2.55. The number of carbonyl (C=O) groups is 1. The fraction of sp³-hybridized carbons (Fsp3) is 0.400. The molecule has 0 saturated carbocycles. The van der Waals surface area contributed by atoms with Crippen LogP contribution < -0.4 is 10.6 Å². The molecule has 0 aliphatic carbocycles. The summed E-state index contributed by atoms with van der Waals surface area (Å²) in [7, 11) is -3.39. The van der Waals surface area contributed by atoms with Crippen LogP contribution in [0.2, 0.25) is 0 Å². The average molecular weight is 398 g/mol. The highest BCUT2D eigenvalue weighted by Gasteiger charge is 2.72. The minimum atomic E-state index is -3.39. The van der Waals surface area contributed by atoms with E-state index in [1.54, 1.807) is 36.7 Å². The SMILES string of the molecule is O=C(NCc1cccnc1)Nc1ccc(S(=O)(=O)C23CC4CCC(C2)N43)cc1. The molecule has 5 rings (SSSR count). The molecule has 1 aromatic carbocycles. The maximum atomic E-state index is 13.2. The molecule has 0 radical (unpaired) electrons. The van der Waals surface area contributed by atoms with Gasteiger partial charge in [-0.2, -0.15) is 0 Å². The first-order chi connectivity index (χ1) is 13.5. The molecule has 2 amide bonds. The highest BCUT2D eigenvalue weighted by Crippen LogP contribution is 2.62. The van der Waals surface area contributed by atoms with Crippen molar-refractivity contribution in [2.75, 3.05) is 5.32 Å². The first kappa shape index (κ1) is 17.6. The third-order valence-electron chi connectivity index (χ3n) is 6.30. The summed E-state index contributed by atoms with van der Waals surface area (Å²) in [6, 6.07) is 10.7. The van der Waals surface area contributed by atoms with Crippen LogP contribution in [0.4, 0.5) is 10.5 Å². The number of nitrogens with one attached hydrogen (secondary N) is 2. The minimum Gasteiger partial charge on any atom is -0.334 e. The van der Waals surface area contributed by atoms with Gasteiger partial charge in [-0.1, -0.05) is 6.07 Å². The van der Waals surface area contributed by atoms with Crippen molar-refractivity contribution in [3.05, 3.63) is 54.4 Å². The van der Waals surface area contributed by atoms with Gasteiger partial charge in [0.2, 0.25) is 0 Å². The molecule has 28 heavy (non-hydrogen) atoms. The second kappa shape index (κ2) is 6.28. The van der Waals surface area contributed by atoms with Gasteiger partial charge in [0.25, 0.3) is 0 Å². The Morgan fingerprint density at radius 3 is 2.50 bits per heavy atom.